The molecule has 2 atom stereocenters. The van der Waals surface area contributed by atoms with Crippen molar-refractivity contribution >= 4 is 5.91 Å². The van der Waals surface area contributed by atoms with E-state index in [2.05, 4.69) is 5.32 Å². The van der Waals surface area contributed by atoms with E-state index in [1.54, 1.807) is 7.11 Å². The van der Waals surface area contributed by atoms with Gasteiger partial charge < -0.3 is 20.5 Å². The molecule has 0 heterocycles. The van der Waals surface area contributed by atoms with E-state index < -0.39 is 11.9 Å². The third-order valence-corrected chi connectivity index (χ3v) is 1.83. The molecule has 0 bridgehead atoms. The van der Waals surface area contributed by atoms with E-state index in [0.717, 1.165) is 0 Å². The minimum Gasteiger partial charge on any atom is -0.382 e. The number of rotatable bonds is 8. The van der Waals surface area contributed by atoms with Crippen LogP contribution in [0.15, 0.2) is 0 Å². The van der Waals surface area contributed by atoms with E-state index in [-0.39, 0.29) is 18.8 Å². The van der Waals surface area contributed by atoms with Crippen molar-refractivity contribution in [1.29, 1.82) is 0 Å². The summed E-state index contributed by atoms with van der Waals surface area (Å²) in [6.45, 7) is 6.57. The fourth-order valence-electron chi connectivity index (χ4n) is 1.16. The Morgan fingerprint density at radius 2 is 1.93 bits per heavy atom. The average molecular weight is 218 g/mol. The van der Waals surface area contributed by atoms with Crippen molar-refractivity contribution in [3.8, 4) is 0 Å². The van der Waals surface area contributed by atoms with Crippen molar-refractivity contribution in [3.63, 3.8) is 0 Å². The summed E-state index contributed by atoms with van der Waals surface area (Å²) in [5, 5.41) is 3.04. The van der Waals surface area contributed by atoms with Crippen LogP contribution in [-0.4, -0.2) is 44.4 Å². The molecule has 3 N–H and O–H groups in total. The van der Waals surface area contributed by atoms with Gasteiger partial charge in [-0.15, -0.1) is 0 Å². The van der Waals surface area contributed by atoms with Gasteiger partial charge in [-0.3, -0.25) is 4.79 Å². The molecule has 0 saturated carbocycles. The molecular weight excluding hydrogens is 196 g/mol. The van der Waals surface area contributed by atoms with E-state index in [1.165, 1.54) is 0 Å². The first-order valence-corrected chi connectivity index (χ1v) is 5.13. The highest BCUT2D eigenvalue weighted by atomic mass is 16.5. The summed E-state index contributed by atoms with van der Waals surface area (Å²) in [5.41, 5.74) is 5.23. The average Bonchev–Trinajstić information content (AvgIpc) is 2.11. The minimum absolute atomic E-state index is 0.0363. The molecule has 0 aliphatic rings. The zero-order chi connectivity index (χ0) is 11.8. The van der Waals surface area contributed by atoms with E-state index in [0.29, 0.717) is 6.61 Å². The molecule has 90 valence electrons. The van der Waals surface area contributed by atoms with Crippen LogP contribution in [0, 0.1) is 0 Å². The van der Waals surface area contributed by atoms with Crippen LogP contribution < -0.4 is 11.1 Å². The number of hydrogen-bond donors (Lipinski definition) is 2. The lowest BCUT2D eigenvalue weighted by atomic mass is 10.2. The Kier molecular flexibility index (Phi) is 7.29. The second-order valence-corrected chi connectivity index (χ2v) is 3.88. The SMILES string of the molecule is COCC(C)OCC(NC(C)C)C(N)=O. The van der Waals surface area contributed by atoms with Crippen molar-refractivity contribution < 1.29 is 14.3 Å². The maximum atomic E-state index is 11.1. The maximum absolute atomic E-state index is 11.1. The summed E-state index contributed by atoms with van der Waals surface area (Å²) in [7, 11) is 1.61. The van der Waals surface area contributed by atoms with Gasteiger partial charge >= 0.3 is 0 Å². The van der Waals surface area contributed by atoms with Gasteiger partial charge in [0.15, 0.2) is 0 Å². The van der Waals surface area contributed by atoms with Gasteiger partial charge in [0.2, 0.25) is 5.91 Å². The Bertz CT molecular complexity index is 186. The second-order valence-electron chi connectivity index (χ2n) is 3.88. The summed E-state index contributed by atoms with van der Waals surface area (Å²) in [6, 6.07) is -0.242. The van der Waals surface area contributed by atoms with Gasteiger partial charge in [0.25, 0.3) is 0 Å². The number of hydrogen-bond acceptors (Lipinski definition) is 4. The van der Waals surface area contributed by atoms with E-state index in [1.807, 2.05) is 20.8 Å². The van der Waals surface area contributed by atoms with Gasteiger partial charge in [-0.1, -0.05) is 13.8 Å². The molecule has 15 heavy (non-hydrogen) atoms. The molecule has 0 aliphatic heterocycles. The van der Waals surface area contributed by atoms with Gasteiger partial charge in [0.05, 0.1) is 19.3 Å². The number of methoxy groups -OCH3 is 1. The lowest BCUT2D eigenvalue weighted by molar-refractivity contribution is -0.122. The van der Waals surface area contributed by atoms with Gasteiger partial charge in [0, 0.05) is 13.2 Å². The smallest absolute Gasteiger partial charge is 0.236 e. The molecule has 0 aliphatic carbocycles. The Labute approximate surface area is 91.3 Å². The molecule has 0 saturated heterocycles. The van der Waals surface area contributed by atoms with Gasteiger partial charge in [-0.25, -0.2) is 0 Å². The third kappa shape index (κ3) is 7.30. The molecule has 1 amide bonds. The fourth-order valence-corrected chi connectivity index (χ4v) is 1.16. The third-order valence-electron chi connectivity index (χ3n) is 1.83. The molecule has 0 aromatic heterocycles. The quantitative estimate of drug-likeness (QED) is 0.596. The lowest BCUT2D eigenvalue weighted by Crippen LogP contribution is -2.48. The molecule has 0 fully saturated rings. The molecule has 5 nitrogen and oxygen atoms in total. The highest BCUT2D eigenvalue weighted by Crippen LogP contribution is 1.95. The molecular formula is C10H22N2O3. The Balaban J connectivity index is 3.90. The second kappa shape index (κ2) is 7.62. The van der Waals surface area contributed by atoms with E-state index in [9.17, 15) is 4.79 Å². The molecule has 0 aromatic carbocycles. The maximum Gasteiger partial charge on any atom is 0.236 e. The topological polar surface area (TPSA) is 73.6 Å². The first-order valence-electron chi connectivity index (χ1n) is 5.13. The predicted molar refractivity (Wildman–Crippen MR) is 58.5 cm³/mol. The highest BCUT2D eigenvalue weighted by Gasteiger charge is 2.17. The van der Waals surface area contributed by atoms with Crippen LogP contribution in [0.5, 0.6) is 0 Å². The summed E-state index contributed by atoms with van der Waals surface area (Å²) in [5.74, 6) is -0.395. The minimum atomic E-state index is -0.440. The van der Waals surface area contributed by atoms with Crippen molar-refractivity contribution in [2.24, 2.45) is 5.73 Å². The molecule has 0 radical (unpaired) electrons. The normalized spacial score (nSPS) is 15.3. The summed E-state index contributed by atoms with van der Waals surface area (Å²) in [4.78, 5) is 11.1. The zero-order valence-corrected chi connectivity index (χ0v) is 9.95. The monoisotopic (exact) mass is 218 g/mol. The van der Waals surface area contributed by atoms with Gasteiger partial charge in [-0.05, 0) is 6.92 Å². The number of amides is 1. The number of carbonyl (C=O) groups excluding carboxylic acids is 1. The Morgan fingerprint density at radius 1 is 1.33 bits per heavy atom. The number of primary amides is 1. The number of nitrogens with one attached hydrogen (secondary N) is 1. The number of ether oxygens (including phenoxy) is 2. The molecule has 2 unspecified atom stereocenters. The first-order chi connectivity index (χ1) is 6.97. The van der Waals surface area contributed by atoms with Crippen molar-refractivity contribution in [2.75, 3.05) is 20.3 Å². The van der Waals surface area contributed by atoms with Crippen LogP contribution in [0.4, 0.5) is 0 Å². The van der Waals surface area contributed by atoms with Crippen LogP contribution in [0.3, 0.4) is 0 Å². The number of carbonyl (C=O) groups is 1. The zero-order valence-electron chi connectivity index (χ0n) is 9.95. The van der Waals surface area contributed by atoms with Crippen molar-refractivity contribution in [1.82, 2.24) is 5.32 Å². The van der Waals surface area contributed by atoms with E-state index in [4.69, 9.17) is 15.2 Å². The van der Waals surface area contributed by atoms with Crippen molar-refractivity contribution in [3.05, 3.63) is 0 Å². The Hall–Kier alpha value is -0.650. The lowest BCUT2D eigenvalue weighted by Gasteiger charge is -2.20. The molecule has 0 aromatic rings. The van der Waals surface area contributed by atoms with Crippen LogP contribution in [0.2, 0.25) is 0 Å². The van der Waals surface area contributed by atoms with Crippen LogP contribution >= 0.6 is 0 Å². The standard InChI is InChI=1S/C10H22N2O3/c1-7(2)12-9(10(11)13)6-15-8(3)5-14-4/h7-9,12H,5-6H2,1-4H3,(H2,11,13). The molecule has 0 rings (SSSR count). The van der Waals surface area contributed by atoms with Gasteiger partial charge in [-0.2, -0.15) is 0 Å². The van der Waals surface area contributed by atoms with Crippen molar-refractivity contribution in [2.45, 2.75) is 39.0 Å². The fraction of sp³-hybridized carbons (Fsp3) is 0.900. The number of nitrogens with two attached hydrogens (primary N) is 1. The molecule has 0 spiro atoms. The first kappa shape index (κ1) is 14.3. The molecule has 5 heteroatoms. The largest absolute Gasteiger partial charge is 0.382 e. The van der Waals surface area contributed by atoms with E-state index >= 15 is 0 Å². The summed E-state index contributed by atoms with van der Waals surface area (Å²) >= 11 is 0. The van der Waals surface area contributed by atoms with Crippen LogP contribution in [-0.2, 0) is 14.3 Å². The Morgan fingerprint density at radius 3 is 2.33 bits per heavy atom. The van der Waals surface area contributed by atoms with Crippen LogP contribution in [0.25, 0.3) is 0 Å². The highest BCUT2D eigenvalue weighted by molar-refractivity contribution is 5.80. The van der Waals surface area contributed by atoms with Crippen LogP contribution in [0.1, 0.15) is 20.8 Å². The predicted octanol–water partition coefficient (Wildman–Crippen LogP) is -0.110. The summed E-state index contributed by atoms with van der Waals surface area (Å²) in [6.07, 6.45) is -0.0363. The summed E-state index contributed by atoms with van der Waals surface area (Å²) < 4.78 is 10.3. The van der Waals surface area contributed by atoms with Gasteiger partial charge in [0.1, 0.15) is 6.04 Å².